The minimum atomic E-state index is -0.839. The van der Waals surface area contributed by atoms with Crippen LogP contribution < -0.4 is 5.32 Å². The molecule has 0 aromatic carbocycles. The van der Waals surface area contributed by atoms with Crippen LogP contribution in [0.15, 0.2) is 36.5 Å². The summed E-state index contributed by atoms with van der Waals surface area (Å²) in [6.07, 6.45) is 42.2. The number of amides is 1. The molecule has 0 heterocycles. The molecule has 41 heavy (non-hydrogen) atoms. The number of hydrogen-bond acceptors (Lipinski definition) is 3. The summed E-state index contributed by atoms with van der Waals surface area (Å²) < 4.78 is 0. The van der Waals surface area contributed by atoms with E-state index in [-0.39, 0.29) is 12.5 Å². The van der Waals surface area contributed by atoms with Crippen molar-refractivity contribution in [3.8, 4) is 0 Å². The first kappa shape index (κ1) is 39.6. The molecule has 4 nitrogen and oxygen atoms in total. The van der Waals surface area contributed by atoms with E-state index < -0.39 is 12.1 Å². The van der Waals surface area contributed by atoms with E-state index in [9.17, 15) is 15.0 Å². The summed E-state index contributed by atoms with van der Waals surface area (Å²) in [6, 6.07) is -0.623. The van der Waals surface area contributed by atoms with E-state index in [4.69, 9.17) is 0 Å². The fourth-order valence-electron chi connectivity index (χ4n) is 5.09. The van der Waals surface area contributed by atoms with Crippen molar-refractivity contribution in [1.29, 1.82) is 0 Å². The van der Waals surface area contributed by atoms with Gasteiger partial charge in [0.05, 0.1) is 18.8 Å². The molecule has 4 heteroatoms. The summed E-state index contributed by atoms with van der Waals surface area (Å²) >= 11 is 0. The zero-order valence-electron chi connectivity index (χ0n) is 27.3. The van der Waals surface area contributed by atoms with Crippen LogP contribution in [0.5, 0.6) is 0 Å². The highest BCUT2D eigenvalue weighted by Crippen LogP contribution is 2.12. The smallest absolute Gasteiger partial charge is 0.220 e. The minimum absolute atomic E-state index is 0.0754. The van der Waals surface area contributed by atoms with E-state index in [2.05, 4.69) is 43.5 Å². The van der Waals surface area contributed by atoms with E-state index >= 15 is 0 Å². The maximum atomic E-state index is 12.3. The molecule has 1 amide bonds. The Morgan fingerprint density at radius 3 is 1.49 bits per heavy atom. The highest BCUT2D eigenvalue weighted by Gasteiger charge is 2.17. The molecule has 0 radical (unpaired) electrons. The SMILES string of the molecule is CCCCCC/C=C\C/C=C\CCCCCCCCCC(=O)NC(CO)C(O)/C=C/CCCCCCCCCCC. The molecule has 0 fully saturated rings. The first-order chi connectivity index (χ1) is 20.2. The van der Waals surface area contributed by atoms with Gasteiger partial charge in [0.15, 0.2) is 0 Å². The van der Waals surface area contributed by atoms with Crippen LogP contribution in [0.25, 0.3) is 0 Å². The largest absolute Gasteiger partial charge is 0.394 e. The van der Waals surface area contributed by atoms with Crippen LogP contribution >= 0.6 is 0 Å². The van der Waals surface area contributed by atoms with Crippen molar-refractivity contribution < 1.29 is 15.0 Å². The monoisotopic (exact) mass is 576 g/mol. The predicted molar refractivity (Wildman–Crippen MR) is 179 cm³/mol. The number of rotatable bonds is 31. The van der Waals surface area contributed by atoms with Crippen LogP contribution in [0, 0.1) is 0 Å². The van der Waals surface area contributed by atoms with Gasteiger partial charge >= 0.3 is 0 Å². The number of hydrogen-bond donors (Lipinski definition) is 3. The third-order valence-electron chi connectivity index (χ3n) is 7.87. The molecule has 0 aliphatic rings. The molecule has 2 unspecified atom stereocenters. The maximum Gasteiger partial charge on any atom is 0.220 e. The van der Waals surface area contributed by atoms with E-state index in [1.165, 1.54) is 122 Å². The van der Waals surface area contributed by atoms with Gasteiger partial charge in [-0.1, -0.05) is 153 Å². The molecule has 3 N–H and O–H groups in total. The Morgan fingerprint density at radius 1 is 0.585 bits per heavy atom. The molecule has 0 aliphatic carbocycles. The van der Waals surface area contributed by atoms with Crippen LogP contribution in [0.2, 0.25) is 0 Å². The van der Waals surface area contributed by atoms with Crippen molar-refractivity contribution >= 4 is 5.91 Å². The first-order valence-electron chi connectivity index (χ1n) is 17.7. The number of unbranched alkanes of at least 4 members (excludes halogenated alkanes) is 20. The van der Waals surface area contributed by atoms with E-state index in [0.29, 0.717) is 6.42 Å². The molecule has 240 valence electrons. The lowest BCUT2D eigenvalue weighted by Crippen LogP contribution is -2.45. The van der Waals surface area contributed by atoms with Crippen molar-refractivity contribution in [2.24, 2.45) is 0 Å². The molecule has 0 aliphatic heterocycles. The van der Waals surface area contributed by atoms with Crippen molar-refractivity contribution in [3.63, 3.8) is 0 Å². The molecule has 0 rings (SSSR count). The van der Waals surface area contributed by atoms with Gasteiger partial charge in [-0.2, -0.15) is 0 Å². The van der Waals surface area contributed by atoms with Gasteiger partial charge in [-0.15, -0.1) is 0 Å². The molecular weight excluding hydrogens is 506 g/mol. The van der Waals surface area contributed by atoms with Crippen molar-refractivity contribution in [3.05, 3.63) is 36.5 Å². The Bertz CT molecular complexity index is 628. The molecule has 0 aromatic heterocycles. The highest BCUT2D eigenvalue weighted by molar-refractivity contribution is 5.76. The van der Waals surface area contributed by atoms with Crippen LogP contribution in [-0.4, -0.2) is 34.9 Å². The van der Waals surface area contributed by atoms with Crippen LogP contribution in [-0.2, 0) is 4.79 Å². The van der Waals surface area contributed by atoms with Gasteiger partial charge in [-0.3, -0.25) is 4.79 Å². The van der Waals surface area contributed by atoms with Gasteiger partial charge < -0.3 is 15.5 Å². The second kappa shape index (κ2) is 33.1. The summed E-state index contributed by atoms with van der Waals surface area (Å²) in [6.45, 7) is 4.26. The Kier molecular flexibility index (Phi) is 32.0. The van der Waals surface area contributed by atoms with Gasteiger partial charge in [0, 0.05) is 6.42 Å². The number of aliphatic hydroxyl groups excluding tert-OH is 2. The van der Waals surface area contributed by atoms with Crippen LogP contribution in [0.1, 0.15) is 174 Å². The number of allylic oxidation sites excluding steroid dienone is 5. The van der Waals surface area contributed by atoms with Gasteiger partial charge in [-0.05, 0) is 51.4 Å². The highest BCUT2D eigenvalue weighted by atomic mass is 16.3. The molecule has 0 spiro atoms. The third-order valence-corrected chi connectivity index (χ3v) is 7.87. The Labute approximate surface area is 255 Å². The van der Waals surface area contributed by atoms with Crippen molar-refractivity contribution in [2.75, 3.05) is 6.61 Å². The lowest BCUT2D eigenvalue weighted by atomic mass is 10.1. The summed E-state index contributed by atoms with van der Waals surface area (Å²) in [5, 5.41) is 22.8. The number of carbonyl (C=O) groups excluding carboxylic acids is 1. The van der Waals surface area contributed by atoms with Gasteiger partial charge in [0.2, 0.25) is 5.91 Å². The number of carbonyl (C=O) groups is 1. The van der Waals surface area contributed by atoms with Crippen molar-refractivity contribution in [2.45, 2.75) is 187 Å². The molecular formula is C37H69NO3. The molecule has 0 saturated carbocycles. The normalized spacial score (nSPS) is 13.6. The average molecular weight is 576 g/mol. The number of aliphatic hydroxyl groups is 2. The quantitative estimate of drug-likeness (QED) is 0.0569. The maximum absolute atomic E-state index is 12.3. The Morgan fingerprint density at radius 2 is 1.00 bits per heavy atom. The average Bonchev–Trinajstić information content (AvgIpc) is 2.97. The Hall–Kier alpha value is -1.39. The molecule has 0 saturated heterocycles. The van der Waals surface area contributed by atoms with Gasteiger partial charge in [0.1, 0.15) is 0 Å². The summed E-state index contributed by atoms with van der Waals surface area (Å²) in [4.78, 5) is 12.3. The standard InChI is InChI=1S/C37H69NO3/c1-3-5-7-9-11-13-15-16-17-18-19-20-21-23-25-27-29-31-33-37(41)38-35(34-39)36(40)32-30-28-26-24-22-14-12-10-8-6-4-2/h13,15,17-18,30,32,35-36,39-40H,3-12,14,16,19-29,31,33-34H2,1-2H3,(H,38,41)/b15-13-,18-17-,32-30+. The minimum Gasteiger partial charge on any atom is -0.394 e. The van der Waals surface area contributed by atoms with Crippen molar-refractivity contribution in [1.82, 2.24) is 5.32 Å². The fourth-order valence-corrected chi connectivity index (χ4v) is 5.09. The van der Waals surface area contributed by atoms with Gasteiger partial charge in [-0.25, -0.2) is 0 Å². The van der Waals surface area contributed by atoms with Crippen LogP contribution in [0.3, 0.4) is 0 Å². The van der Waals surface area contributed by atoms with Gasteiger partial charge in [0.25, 0.3) is 0 Å². The Balaban J connectivity index is 3.65. The van der Waals surface area contributed by atoms with Crippen LogP contribution in [0.4, 0.5) is 0 Å². The zero-order chi connectivity index (χ0) is 30.1. The molecule has 0 bridgehead atoms. The zero-order valence-corrected chi connectivity index (χ0v) is 27.3. The van der Waals surface area contributed by atoms with E-state index in [1.807, 2.05) is 6.08 Å². The second-order valence-electron chi connectivity index (χ2n) is 11.9. The third kappa shape index (κ3) is 29.9. The lowest BCUT2D eigenvalue weighted by Gasteiger charge is -2.20. The fraction of sp³-hybridized carbons (Fsp3) is 0.811. The predicted octanol–water partition coefficient (Wildman–Crippen LogP) is 10.3. The number of nitrogens with one attached hydrogen (secondary N) is 1. The second-order valence-corrected chi connectivity index (χ2v) is 11.9. The van der Waals surface area contributed by atoms with E-state index in [0.717, 1.165) is 32.1 Å². The summed E-state index contributed by atoms with van der Waals surface area (Å²) in [5.74, 6) is -0.0754. The summed E-state index contributed by atoms with van der Waals surface area (Å²) in [5.41, 5.74) is 0. The topological polar surface area (TPSA) is 69.6 Å². The lowest BCUT2D eigenvalue weighted by molar-refractivity contribution is -0.123. The molecule has 0 aromatic rings. The molecule has 2 atom stereocenters. The van der Waals surface area contributed by atoms with E-state index in [1.54, 1.807) is 6.08 Å². The summed E-state index contributed by atoms with van der Waals surface area (Å²) in [7, 11) is 0. The first-order valence-corrected chi connectivity index (χ1v) is 17.7.